The van der Waals surface area contributed by atoms with Gasteiger partial charge in [-0.2, -0.15) is 13.2 Å². The van der Waals surface area contributed by atoms with Gasteiger partial charge in [0.25, 0.3) is 0 Å². The summed E-state index contributed by atoms with van der Waals surface area (Å²) in [6.45, 7) is 3.64. The summed E-state index contributed by atoms with van der Waals surface area (Å²) in [5.74, 6) is 0. The van der Waals surface area contributed by atoms with E-state index in [2.05, 4.69) is 0 Å². The van der Waals surface area contributed by atoms with Gasteiger partial charge in [0, 0.05) is 5.41 Å². The van der Waals surface area contributed by atoms with Gasteiger partial charge in [-0.25, -0.2) is 4.39 Å². The number of rotatable bonds is 0. The van der Waals surface area contributed by atoms with Gasteiger partial charge in [0.15, 0.2) is 6.17 Å². The molecule has 1 unspecified atom stereocenters. The molecule has 62 valence electrons. The van der Waals surface area contributed by atoms with Crippen molar-refractivity contribution < 1.29 is 17.6 Å². The van der Waals surface area contributed by atoms with Crippen molar-refractivity contribution in [3.8, 4) is 0 Å². The van der Waals surface area contributed by atoms with Crippen molar-refractivity contribution in [2.24, 2.45) is 5.41 Å². The average Bonchev–Trinajstić information content (AvgIpc) is 1.59. The maximum Gasteiger partial charge on any atom is 0.420 e. The molecule has 0 fully saturated rings. The first kappa shape index (κ1) is 9.72. The fraction of sp³-hybridized carbons (Fsp3) is 1.00. The Morgan fingerprint density at radius 3 is 1.30 bits per heavy atom. The third-order valence-electron chi connectivity index (χ3n) is 1.05. The average molecular weight is 158 g/mol. The van der Waals surface area contributed by atoms with Crippen LogP contribution in [0.4, 0.5) is 17.6 Å². The molecule has 0 rings (SSSR count). The first-order chi connectivity index (χ1) is 4.15. The Morgan fingerprint density at radius 1 is 1.00 bits per heavy atom. The molecule has 1 atom stereocenters. The molecule has 0 saturated heterocycles. The van der Waals surface area contributed by atoms with Crippen LogP contribution in [0.15, 0.2) is 0 Å². The molecule has 0 aromatic rings. The molecule has 0 bridgehead atoms. The van der Waals surface area contributed by atoms with Crippen LogP contribution in [-0.4, -0.2) is 12.3 Å². The Kier molecular flexibility index (Phi) is 2.33. The van der Waals surface area contributed by atoms with Gasteiger partial charge in [-0.3, -0.25) is 0 Å². The van der Waals surface area contributed by atoms with Crippen LogP contribution in [0.5, 0.6) is 0 Å². The lowest BCUT2D eigenvalue weighted by molar-refractivity contribution is -0.205. The highest BCUT2D eigenvalue weighted by Crippen LogP contribution is 2.35. The largest absolute Gasteiger partial charge is 0.420 e. The Balaban J connectivity index is 4.23. The lowest BCUT2D eigenvalue weighted by Crippen LogP contribution is -2.36. The van der Waals surface area contributed by atoms with E-state index in [1.54, 1.807) is 0 Å². The van der Waals surface area contributed by atoms with Gasteiger partial charge in [0.05, 0.1) is 0 Å². The zero-order valence-electron chi connectivity index (χ0n) is 6.09. The molecule has 0 aliphatic rings. The summed E-state index contributed by atoms with van der Waals surface area (Å²) in [4.78, 5) is 0. The highest BCUT2D eigenvalue weighted by atomic mass is 19.4. The lowest BCUT2D eigenvalue weighted by Gasteiger charge is -2.25. The van der Waals surface area contributed by atoms with Crippen LogP contribution in [0.25, 0.3) is 0 Å². The number of hydrogen-bond donors (Lipinski definition) is 0. The van der Waals surface area contributed by atoms with E-state index in [-0.39, 0.29) is 0 Å². The summed E-state index contributed by atoms with van der Waals surface area (Å²) in [5.41, 5.74) is -1.35. The second-order valence-corrected chi connectivity index (χ2v) is 3.27. The molecule has 0 radical (unpaired) electrons. The molecule has 0 aromatic carbocycles. The minimum atomic E-state index is -4.72. The van der Waals surface area contributed by atoms with Crippen LogP contribution in [0.1, 0.15) is 20.8 Å². The third-order valence-corrected chi connectivity index (χ3v) is 1.05. The van der Waals surface area contributed by atoms with Gasteiger partial charge in [-0.15, -0.1) is 0 Å². The summed E-state index contributed by atoms with van der Waals surface area (Å²) in [6, 6.07) is 0. The molecule has 4 heteroatoms. The SMILES string of the molecule is CC(C)(C)C(F)C(F)(F)F. The molecule has 0 amide bonds. The van der Waals surface area contributed by atoms with Gasteiger partial charge >= 0.3 is 6.18 Å². The Bertz CT molecular complexity index is 93.9. The normalized spacial score (nSPS) is 17.1. The van der Waals surface area contributed by atoms with Crippen LogP contribution < -0.4 is 0 Å². The molecule has 0 N–H and O–H groups in total. The molecular formula is C6H10F4. The monoisotopic (exact) mass is 158 g/mol. The van der Waals surface area contributed by atoms with Gasteiger partial charge in [-0.05, 0) is 0 Å². The molecular weight excluding hydrogens is 148 g/mol. The van der Waals surface area contributed by atoms with E-state index in [4.69, 9.17) is 0 Å². The summed E-state index contributed by atoms with van der Waals surface area (Å²) in [5, 5.41) is 0. The van der Waals surface area contributed by atoms with E-state index >= 15 is 0 Å². The predicted molar refractivity (Wildman–Crippen MR) is 30.4 cm³/mol. The minimum absolute atomic E-state index is 1.21. The summed E-state index contributed by atoms with van der Waals surface area (Å²) >= 11 is 0. The second-order valence-electron chi connectivity index (χ2n) is 3.27. The van der Waals surface area contributed by atoms with Crippen LogP contribution in [0.2, 0.25) is 0 Å². The van der Waals surface area contributed by atoms with Crippen LogP contribution in [-0.2, 0) is 0 Å². The van der Waals surface area contributed by atoms with Gasteiger partial charge < -0.3 is 0 Å². The van der Waals surface area contributed by atoms with E-state index < -0.39 is 17.8 Å². The first-order valence-electron chi connectivity index (χ1n) is 2.86. The maximum atomic E-state index is 12.3. The Morgan fingerprint density at radius 2 is 1.30 bits per heavy atom. The zero-order valence-corrected chi connectivity index (χ0v) is 6.09. The van der Waals surface area contributed by atoms with Crippen molar-refractivity contribution in [2.45, 2.75) is 33.1 Å². The summed E-state index contributed by atoms with van der Waals surface area (Å²) in [7, 11) is 0. The van der Waals surface area contributed by atoms with Crippen LogP contribution in [0.3, 0.4) is 0 Å². The van der Waals surface area contributed by atoms with Crippen molar-refractivity contribution in [3.63, 3.8) is 0 Å². The summed E-state index contributed by atoms with van der Waals surface area (Å²) in [6.07, 6.45) is -7.46. The van der Waals surface area contributed by atoms with E-state index in [1.165, 1.54) is 20.8 Å². The Hall–Kier alpha value is -0.280. The van der Waals surface area contributed by atoms with Crippen molar-refractivity contribution in [1.82, 2.24) is 0 Å². The first-order valence-corrected chi connectivity index (χ1v) is 2.86. The second kappa shape index (κ2) is 2.40. The van der Waals surface area contributed by atoms with Gasteiger partial charge in [0.1, 0.15) is 0 Å². The lowest BCUT2D eigenvalue weighted by atomic mass is 9.90. The van der Waals surface area contributed by atoms with Gasteiger partial charge in [0.2, 0.25) is 0 Å². The highest BCUT2D eigenvalue weighted by Gasteiger charge is 2.47. The quantitative estimate of drug-likeness (QED) is 0.475. The predicted octanol–water partition coefficient (Wildman–Crippen LogP) is 2.93. The maximum absolute atomic E-state index is 12.3. The van der Waals surface area contributed by atoms with E-state index in [1.807, 2.05) is 0 Å². The fourth-order valence-corrected chi connectivity index (χ4v) is 0.491. The molecule has 0 spiro atoms. The van der Waals surface area contributed by atoms with Crippen LogP contribution >= 0.6 is 0 Å². The third kappa shape index (κ3) is 2.54. The van der Waals surface area contributed by atoms with Crippen molar-refractivity contribution in [2.75, 3.05) is 0 Å². The molecule has 0 nitrogen and oxygen atoms in total. The van der Waals surface area contributed by atoms with Crippen LogP contribution in [0, 0.1) is 5.41 Å². The molecule has 0 aliphatic heterocycles. The van der Waals surface area contributed by atoms with Gasteiger partial charge in [-0.1, -0.05) is 20.8 Å². The number of alkyl halides is 4. The molecule has 0 aromatic heterocycles. The highest BCUT2D eigenvalue weighted by molar-refractivity contribution is 4.79. The van der Waals surface area contributed by atoms with Crippen molar-refractivity contribution in [1.29, 1.82) is 0 Å². The topological polar surface area (TPSA) is 0 Å². The van der Waals surface area contributed by atoms with E-state index in [0.717, 1.165) is 0 Å². The Labute approximate surface area is 57.2 Å². The molecule has 10 heavy (non-hydrogen) atoms. The standard InChI is InChI=1S/C6H10F4/c1-5(2,3)4(7)6(8,9)10/h4H,1-3H3. The van der Waals surface area contributed by atoms with Crippen molar-refractivity contribution >= 4 is 0 Å². The summed E-state index contributed by atoms with van der Waals surface area (Å²) < 4.78 is 47.0. The van der Waals surface area contributed by atoms with Crippen molar-refractivity contribution in [3.05, 3.63) is 0 Å². The number of hydrogen-bond acceptors (Lipinski definition) is 0. The zero-order chi connectivity index (χ0) is 8.58. The smallest absolute Gasteiger partial charge is 0.237 e. The molecule has 0 heterocycles. The molecule has 0 aliphatic carbocycles. The molecule has 0 saturated carbocycles. The van der Waals surface area contributed by atoms with E-state index in [9.17, 15) is 17.6 Å². The number of halogens is 4. The van der Waals surface area contributed by atoms with E-state index in [0.29, 0.717) is 0 Å². The fourth-order valence-electron chi connectivity index (χ4n) is 0.491. The minimum Gasteiger partial charge on any atom is -0.237 e.